The van der Waals surface area contributed by atoms with Crippen molar-refractivity contribution in [2.75, 3.05) is 13.6 Å². The summed E-state index contributed by atoms with van der Waals surface area (Å²) in [5, 5.41) is 0. The Morgan fingerprint density at radius 2 is 2.31 bits per heavy atom. The zero-order valence-corrected chi connectivity index (χ0v) is 9.89. The lowest BCUT2D eigenvalue weighted by Gasteiger charge is -2.12. The van der Waals surface area contributed by atoms with Crippen molar-refractivity contribution in [3.8, 4) is 0 Å². The van der Waals surface area contributed by atoms with Crippen molar-refractivity contribution in [3.63, 3.8) is 0 Å². The number of likely N-dealkylation sites (tertiary alicyclic amines) is 1. The van der Waals surface area contributed by atoms with E-state index in [4.69, 9.17) is 5.73 Å². The Labute approximate surface area is 96.5 Å². The molecule has 1 aromatic heterocycles. The van der Waals surface area contributed by atoms with E-state index >= 15 is 0 Å². The van der Waals surface area contributed by atoms with Gasteiger partial charge in [-0.05, 0) is 45.5 Å². The Kier molecular flexibility index (Phi) is 4.92. The molecule has 4 heteroatoms. The zero-order valence-electron chi connectivity index (χ0n) is 9.89. The first-order valence-electron chi connectivity index (χ1n) is 5.52. The van der Waals surface area contributed by atoms with Gasteiger partial charge in [-0.3, -0.25) is 9.78 Å². The van der Waals surface area contributed by atoms with Gasteiger partial charge in [0.05, 0.1) is 0 Å². The molecule has 0 spiro atoms. The van der Waals surface area contributed by atoms with Crippen molar-refractivity contribution in [1.82, 2.24) is 9.88 Å². The number of pyridine rings is 1. The third kappa shape index (κ3) is 3.98. The molecule has 0 aliphatic carbocycles. The Bertz CT molecular complexity index is 318. The van der Waals surface area contributed by atoms with E-state index in [-0.39, 0.29) is 0 Å². The largest absolute Gasteiger partial charge is 0.364 e. The lowest BCUT2D eigenvalue weighted by atomic mass is 10.3. The fourth-order valence-electron chi connectivity index (χ4n) is 1.59. The van der Waals surface area contributed by atoms with E-state index < -0.39 is 5.91 Å². The van der Waals surface area contributed by atoms with Gasteiger partial charge in [0, 0.05) is 12.2 Å². The van der Waals surface area contributed by atoms with Gasteiger partial charge in [0.15, 0.2) is 0 Å². The maximum absolute atomic E-state index is 10.4. The van der Waals surface area contributed by atoms with Crippen molar-refractivity contribution in [2.45, 2.75) is 25.8 Å². The Hall–Kier alpha value is -1.42. The van der Waals surface area contributed by atoms with Gasteiger partial charge in [-0.25, -0.2) is 0 Å². The van der Waals surface area contributed by atoms with Crippen LogP contribution in [0.2, 0.25) is 0 Å². The number of hydrogen-bond donors (Lipinski definition) is 1. The van der Waals surface area contributed by atoms with Crippen molar-refractivity contribution < 1.29 is 4.79 Å². The van der Waals surface area contributed by atoms with Crippen LogP contribution in [0.5, 0.6) is 0 Å². The average molecular weight is 221 g/mol. The molecule has 2 N–H and O–H groups in total. The lowest BCUT2D eigenvalue weighted by Crippen LogP contribution is -2.20. The number of carbonyl (C=O) groups is 1. The molecule has 88 valence electrons. The van der Waals surface area contributed by atoms with E-state index in [2.05, 4.69) is 23.9 Å². The first-order valence-corrected chi connectivity index (χ1v) is 5.52. The van der Waals surface area contributed by atoms with Gasteiger partial charge >= 0.3 is 0 Å². The summed E-state index contributed by atoms with van der Waals surface area (Å²) >= 11 is 0. The van der Waals surface area contributed by atoms with Gasteiger partial charge in [0.1, 0.15) is 5.69 Å². The molecule has 1 saturated heterocycles. The topological polar surface area (TPSA) is 59.2 Å². The third-order valence-electron chi connectivity index (χ3n) is 2.80. The van der Waals surface area contributed by atoms with Gasteiger partial charge in [-0.2, -0.15) is 0 Å². The fraction of sp³-hybridized carbons (Fsp3) is 0.500. The highest BCUT2D eigenvalue weighted by Gasteiger charge is 2.14. The summed E-state index contributed by atoms with van der Waals surface area (Å²) in [6, 6.07) is 5.86. The van der Waals surface area contributed by atoms with Gasteiger partial charge in [-0.15, -0.1) is 0 Å². The van der Waals surface area contributed by atoms with Crippen LogP contribution in [0.4, 0.5) is 0 Å². The van der Waals surface area contributed by atoms with E-state index in [1.165, 1.54) is 25.6 Å². The zero-order chi connectivity index (χ0) is 12.0. The standard InChI is InChI=1S/C6H6N2O.C6H13N/c7-6(9)5-3-1-2-4-8-5;1-6-4-3-5-7(6)2/h1-4H,(H2,7,9);6H,3-5H2,1-2H3. The normalized spacial score (nSPS) is 20.0. The van der Waals surface area contributed by atoms with Crippen LogP contribution in [0.1, 0.15) is 30.3 Å². The number of hydrogen-bond acceptors (Lipinski definition) is 3. The Balaban J connectivity index is 0.000000165. The van der Waals surface area contributed by atoms with Gasteiger partial charge < -0.3 is 10.6 Å². The quantitative estimate of drug-likeness (QED) is 0.777. The molecular weight excluding hydrogens is 202 g/mol. The average Bonchev–Trinajstić information content (AvgIpc) is 2.65. The summed E-state index contributed by atoms with van der Waals surface area (Å²) in [7, 11) is 2.19. The van der Waals surface area contributed by atoms with Crippen LogP contribution in [-0.4, -0.2) is 35.4 Å². The highest BCUT2D eigenvalue weighted by molar-refractivity contribution is 5.90. The number of rotatable bonds is 1. The van der Waals surface area contributed by atoms with Crippen molar-refractivity contribution >= 4 is 5.91 Å². The Morgan fingerprint density at radius 3 is 2.56 bits per heavy atom. The number of primary amides is 1. The second-order valence-electron chi connectivity index (χ2n) is 4.05. The summed E-state index contributed by atoms with van der Waals surface area (Å²) in [6.45, 7) is 3.59. The predicted octanol–water partition coefficient (Wildman–Crippen LogP) is 1.28. The van der Waals surface area contributed by atoms with E-state index in [1.807, 2.05) is 0 Å². The number of nitrogens with two attached hydrogens (primary N) is 1. The molecule has 1 aliphatic heterocycles. The molecule has 1 atom stereocenters. The molecule has 1 amide bonds. The lowest BCUT2D eigenvalue weighted by molar-refractivity contribution is 0.0995. The maximum atomic E-state index is 10.4. The van der Waals surface area contributed by atoms with Gasteiger partial charge in [0.2, 0.25) is 0 Å². The second kappa shape index (κ2) is 6.23. The molecular formula is C12H19N3O. The fourth-order valence-corrected chi connectivity index (χ4v) is 1.59. The first-order chi connectivity index (χ1) is 7.61. The molecule has 1 fully saturated rings. The second-order valence-corrected chi connectivity index (χ2v) is 4.05. The van der Waals surface area contributed by atoms with E-state index in [0.717, 1.165) is 6.04 Å². The summed E-state index contributed by atoms with van der Waals surface area (Å²) in [4.78, 5) is 16.5. The molecule has 0 bridgehead atoms. The predicted molar refractivity (Wildman–Crippen MR) is 64.1 cm³/mol. The molecule has 0 saturated carbocycles. The highest BCUT2D eigenvalue weighted by Crippen LogP contribution is 2.12. The summed E-state index contributed by atoms with van der Waals surface area (Å²) in [5.74, 6) is -0.490. The molecule has 4 nitrogen and oxygen atoms in total. The van der Waals surface area contributed by atoms with Crippen molar-refractivity contribution in [3.05, 3.63) is 30.1 Å². The molecule has 1 aliphatic rings. The smallest absolute Gasteiger partial charge is 0.267 e. The van der Waals surface area contributed by atoms with E-state index in [9.17, 15) is 4.79 Å². The molecule has 1 aromatic rings. The number of aromatic nitrogens is 1. The summed E-state index contributed by atoms with van der Waals surface area (Å²) in [5.41, 5.74) is 5.22. The van der Waals surface area contributed by atoms with Crippen LogP contribution in [-0.2, 0) is 0 Å². The third-order valence-corrected chi connectivity index (χ3v) is 2.80. The maximum Gasteiger partial charge on any atom is 0.267 e. The molecule has 1 unspecified atom stereocenters. The first kappa shape index (κ1) is 12.6. The Morgan fingerprint density at radius 1 is 1.56 bits per heavy atom. The monoisotopic (exact) mass is 221 g/mol. The highest BCUT2D eigenvalue weighted by atomic mass is 16.1. The SMILES string of the molecule is CC1CCCN1C.NC(=O)c1ccccn1. The minimum Gasteiger partial charge on any atom is -0.364 e. The van der Waals surface area contributed by atoms with Crippen LogP contribution in [0.15, 0.2) is 24.4 Å². The summed E-state index contributed by atoms with van der Waals surface area (Å²) < 4.78 is 0. The number of carbonyl (C=O) groups excluding carboxylic acids is 1. The van der Waals surface area contributed by atoms with E-state index in [0.29, 0.717) is 5.69 Å². The van der Waals surface area contributed by atoms with Crippen LogP contribution in [0.25, 0.3) is 0 Å². The minimum absolute atomic E-state index is 0.303. The number of amides is 1. The molecule has 0 aromatic carbocycles. The van der Waals surface area contributed by atoms with Crippen molar-refractivity contribution in [2.24, 2.45) is 5.73 Å². The van der Waals surface area contributed by atoms with Crippen LogP contribution in [0.3, 0.4) is 0 Å². The van der Waals surface area contributed by atoms with Gasteiger partial charge in [-0.1, -0.05) is 6.07 Å². The molecule has 2 heterocycles. The molecule has 16 heavy (non-hydrogen) atoms. The van der Waals surface area contributed by atoms with Crippen LogP contribution >= 0.6 is 0 Å². The number of nitrogens with zero attached hydrogens (tertiary/aromatic N) is 2. The van der Waals surface area contributed by atoms with Crippen molar-refractivity contribution in [1.29, 1.82) is 0 Å². The minimum atomic E-state index is -0.490. The summed E-state index contributed by atoms with van der Waals surface area (Å²) in [6.07, 6.45) is 4.33. The van der Waals surface area contributed by atoms with Gasteiger partial charge in [0.25, 0.3) is 5.91 Å². The molecule has 0 radical (unpaired) electrons. The van der Waals surface area contributed by atoms with E-state index in [1.54, 1.807) is 18.2 Å². The molecule has 2 rings (SSSR count). The van der Waals surface area contributed by atoms with Crippen LogP contribution < -0.4 is 5.73 Å². The van der Waals surface area contributed by atoms with Crippen LogP contribution in [0, 0.1) is 0 Å².